The molecule has 2 unspecified atom stereocenters. The van der Waals surface area contributed by atoms with Crippen molar-refractivity contribution >= 4 is 17.6 Å². The number of nitrogens with one attached hydrogen (secondary N) is 3. The summed E-state index contributed by atoms with van der Waals surface area (Å²) in [6, 6.07) is 9.51. The standard InChI is InChI=1S/C30H44N4O3/c1-7-30(6)19-24(4)34(29(30)37)17-13-9-12-16-28(36)32-20-22(2)31-21-23(3)33-27(25(5)35)18-26-14-10-8-11-15-26/h8,10-11,14-15,27,31,33H,2-4,7,9,12-13,16-21H2,1,5-6H3,(H,32,36). The van der Waals surface area contributed by atoms with Crippen LogP contribution in [0.5, 0.6) is 0 Å². The molecule has 3 N–H and O–H groups in total. The van der Waals surface area contributed by atoms with Crippen LogP contribution >= 0.6 is 0 Å². The first kappa shape index (κ1) is 29.9. The molecule has 0 bridgehead atoms. The lowest BCUT2D eigenvalue weighted by Crippen LogP contribution is -2.39. The van der Waals surface area contributed by atoms with Crippen molar-refractivity contribution in [2.75, 3.05) is 19.6 Å². The molecule has 1 aliphatic heterocycles. The van der Waals surface area contributed by atoms with Crippen LogP contribution in [-0.2, 0) is 20.8 Å². The number of carbonyl (C=O) groups excluding carboxylic acids is 3. The number of hydrogen-bond donors (Lipinski definition) is 3. The second-order valence-electron chi connectivity index (χ2n) is 10.3. The van der Waals surface area contributed by atoms with Gasteiger partial charge < -0.3 is 20.9 Å². The zero-order valence-corrected chi connectivity index (χ0v) is 22.8. The molecule has 7 heteroatoms. The first-order chi connectivity index (χ1) is 17.6. The van der Waals surface area contributed by atoms with Crippen LogP contribution in [0.1, 0.15) is 64.9 Å². The Morgan fingerprint density at radius 2 is 1.73 bits per heavy atom. The molecule has 2 rings (SSSR count). The molecule has 0 aromatic heterocycles. The van der Waals surface area contributed by atoms with Crippen molar-refractivity contribution in [1.29, 1.82) is 0 Å². The van der Waals surface area contributed by atoms with Gasteiger partial charge in [0.05, 0.1) is 24.5 Å². The maximum absolute atomic E-state index is 12.6. The SMILES string of the molecule is C=C(CNC(=O)CCCCCN1C(=C)CC(C)(CC)C1=O)NCC(=C)NC(Cc1ccccc1)C(C)=O. The fourth-order valence-electron chi connectivity index (χ4n) is 4.39. The smallest absolute Gasteiger partial charge is 0.233 e. The highest BCUT2D eigenvalue weighted by Gasteiger charge is 2.43. The number of ketones is 1. The minimum Gasteiger partial charge on any atom is -0.382 e. The Morgan fingerprint density at radius 3 is 2.35 bits per heavy atom. The average Bonchev–Trinajstić information content (AvgIpc) is 3.09. The molecule has 2 amide bonds. The van der Waals surface area contributed by atoms with E-state index < -0.39 is 0 Å². The summed E-state index contributed by atoms with van der Waals surface area (Å²) in [6.45, 7) is 19.1. The van der Waals surface area contributed by atoms with E-state index in [-0.39, 0.29) is 29.1 Å². The second-order valence-corrected chi connectivity index (χ2v) is 10.3. The molecule has 202 valence electrons. The Balaban J connectivity index is 1.59. The first-order valence-corrected chi connectivity index (χ1v) is 13.2. The fourth-order valence-corrected chi connectivity index (χ4v) is 4.39. The van der Waals surface area contributed by atoms with Gasteiger partial charge in [-0.3, -0.25) is 14.4 Å². The number of unbranched alkanes of at least 4 members (excludes halogenated alkanes) is 2. The quantitative estimate of drug-likeness (QED) is 0.274. The molecule has 2 atom stereocenters. The molecule has 7 nitrogen and oxygen atoms in total. The van der Waals surface area contributed by atoms with Crippen molar-refractivity contribution in [3.63, 3.8) is 0 Å². The number of hydrogen-bond acceptors (Lipinski definition) is 5. The predicted molar refractivity (Wildman–Crippen MR) is 149 cm³/mol. The van der Waals surface area contributed by atoms with Crippen LogP contribution in [0.3, 0.4) is 0 Å². The van der Waals surface area contributed by atoms with E-state index in [1.54, 1.807) is 6.92 Å². The van der Waals surface area contributed by atoms with Gasteiger partial charge in [-0.15, -0.1) is 0 Å². The fraction of sp³-hybridized carbons (Fsp3) is 0.500. The minimum atomic E-state index is -0.345. The summed E-state index contributed by atoms with van der Waals surface area (Å²) in [5.74, 6) is 0.196. The van der Waals surface area contributed by atoms with Gasteiger partial charge in [-0.05, 0) is 38.2 Å². The molecule has 1 aliphatic rings. The lowest BCUT2D eigenvalue weighted by molar-refractivity contribution is -0.134. The third-order valence-corrected chi connectivity index (χ3v) is 7.01. The summed E-state index contributed by atoms with van der Waals surface area (Å²) >= 11 is 0. The average molecular weight is 509 g/mol. The highest BCUT2D eigenvalue weighted by atomic mass is 16.2. The number of allylic oxidation sites excluding steroid dienone is 1. The molecule has 1 aromatic rings. The summed E-state index contributed by atoms with van der Waals surface area (Å²) in [5, 5.41) is 9.22. The number of amides is 2. The van der Waals surface area contributed by atoms with Crippen molar-refractivity contribution in [2.24, 2.45) is 5.41 Å². The van der Waals surface area contributed by atoms with E-state index in [4.69, 9.17) is 0 Å². The zero-order chi connectivity index (χ0) is 27.4. The van der Waals surface area contributed by atoms with Gasteiger partial charge in [0, 0.05) is 36.5 Å². The van der Waals surface area contributed by atoms with Crippen LogP contribution in [0.15, 0.2) is 67.2 Å². The van der Waals surface area contributed by atoms with E-state index >= 15 is 0 Å². The molecule has 1 fully saturated rings. The first-order valence-electron chi connectivity index (χ1n) is 13.2. The third-order valence-electron chi connectivity index (χ3n) is 7.01. The number of carbonyl (C=O) groups is 3. The van der Waals surface area contributed by atoms with Crippen LogP contribution in [-0.4, -0.2) is 48.2 Å². The maximum Gasteiger partial charge on any atom is 0.233 e. The van der Waals surface area contributed by atoms with Gasteiger partial charge in [0.2, 0.25) is 11.8 Å². The largest absolute Gasteiger partial charge is 0.382 e. The van der Waals surface area contributed by atoms with Crippen molar-refractivity contribution in [2.45, 2.75) is 71.8 Å². The van der Waals surface area contributed by atoms with Crippen LogP contribution in [0.2, 0.25) is 0 Å². The topological polar surface area (TPSA) is 90.5 Å². The highest BCUT2D eigenvalue weighted by Crippen LogP contribution is 2.40. The van der Waals surface area contributed by atoms with Gasteiger partial charge in [-0.2, -0.15) is 0 Å². The van der Waals surface area contributed by atoms with Crippen molar-refractivity contribution < 1.29 is 14.4 Å². The summed E-state index contributed by atoms with van der Waals surface area (Å²) < 4.78 is 0. The third kappa shape index (κ3) is 9.56. The van der Waals surface area contributed by atoms with E-state index in [2.05, 4.69) is 35.7 Å². The van der Waals surface area contributed by atoms with Gasteiger partial charge in [0.25, 0.3) is 0 Å². The van der Waals surface area contributed by atoms with Gasteiger partial charge in [-0.25, -0.2) is 0 Å². The summed E-state index contributed by atoms with van der Waals surface area (Å²) in [7, 11) is 0. The van der Waals surface area contributed by atoms with E-state index in [0.717, 1.165) is 43.4 Å². The number of benzene rings is 1. The molecule has 37 heavy (non-hydrogen) atoms. The van der Waals surface area contributed by atoms with Gasteiger partial charge in [0.15, 0.2) is 5.78 Å². The Hall–Kier alpha value is -3.35. The minimum absolute atomic E-state index is 0.0281. The zero-order valence-electron chi connectivity index (χ0n) is 22.8. The Kier molecular flexibility index (Phi) is 11.6. The molecular formula is C30H44N4O3. The number of Topliss-reactive ketones (excluding diaryl/α,β-unsaturated/α-hetero) is 1. The number of rotatable bonds is 17. The molecule has 1 saturated heterocycles. The lowest BCUT2D eigenvalue weighted by atomic mass is 9.85. The molecule has 0 radical (unpaired) electrons. The summed E-state index contributed by atoms with van der Waals surface area (Å²) in [4.78, 5) is 38.7. The van der Waals surface area contributed by atoms with E-state index in [1.807, 2.05) is 49.1 Å². The predicted octanol–water partition coefficient (Wildman–Crippen LogP) is 4.23. The molecular weight excluding hydrogens is 464 g/mol. The Labute approximate surface area is 222 Å². The van der Waals surface area contributed by atoms with E-state index in [0.29, 0.717) is 43.9 Å². The Bertz CT molecular complexity index is 988. The molecule has 0 spiro atoms. The number of nitrogens with zero attached hydrogens (tertiary/aromatic N) is 1. The van der Waals surface area contributed by atoms with Crippen molar-refractivity contribution in [3.8, 4) is 0 Å². The summed E-state index contributed by atoms with van der Waals surface area (Å²) in [6.07, 6.45) is 5.07. The molecule has 1 heterocycles. The van der Waals surface area contributed by atoms with Crippen LogP contribution < -0.4 is 16.0 Å². The van der Waals surface area contributed by atoms with Crippen LogP contribution in [0, 0.1) is 5.41 Å². The van der Waals surface area contributed by atoms with E-state index in [1.165, 1.54) is 0 Å². The van der Waals surface area contributed by atoms with Gasteiger partial charge in [-0.1, -0.05) is 70.3 Å². The summed E-state index contributed by atoms with van der Waals surface area (Å²) in [5.41, 5.74) is 3.03. The number of likely N-dealkylation sites (tertiary alicyclic amines) is 1. The van der Waals surface area contributed by atoms with Crippen molar-refractivity contribution in [1.82, 2.24) is 20.9 Å². The second kappa shape index (κ2) is 14.4. The molecule has 0 aliphatic carbocycles. The lowest BCUT2D eigenvalue weighted by Gasteiger charge is -2.21. The van der Waals surface area contributed by atoms with Gasteiger partial charge >= 0.3 is 0 Å². The monoisotopic (exact) mass is 508 g/mol. The highest BCUT2D eigenvalue weighted by molar-refractivity contribution is 5.87. The normalized spacial score (nSPS) is 17.9. The van der Waals surface area contributed by atoms with Crippen molar-refractivity contribution in [3.05, 3.63) is 72.7 Å². The van der Waals surface area contributed by atoms with Crippen LogP contribution in [0.25, 0.3) is 0 Å². The maximum atomic E-state index is 12.6. The van der Waals surface area contributed by atoms with Crippen LogP contribution in [0.4, 0.5) is 0 Å². The van der Waals surface area contributed by atoms with E-state index in [9.17, 15) is 14.4 Å². The van der Waals surface area contributed by atoms with Gasteiger partial charge in [0.1, 0.15) is 0 Å². The Morgan fingerprint density at radius 1 is 1.05 bits per heavy atom. The molecule has 0 saturated carbocycles. The molecule has 1 aromatic carbocycles.